The SMILES string of the molecule is O=C(NCCN1CCOCC1)c1cc2c(o1)CCCC2=O. The monoisotopic (exact) mass is 292 g/mol. The summed E-state index contributed by atoms with van der Waals surface area (Å²) in [6.45, 7) is 4.67. The van der Waals surface area contributed by atoms with Gasteiger partial charge in [0, 0.05) is 45.1 Å². The van der Waals surface area contributed by atoms with Gasteiger partial charge in [0.05, 0.1) is 18.8 Å². The Balaban J connectivity index is 1.52. The van der Waals surface area contributed by atoms with E-state index in [9.17, 15) is 9.59 Å². The Morgan fingerprint density at radius 1 is 1.29 bits per heavy atom. The van der Waals surface area contributed by atoms with Crippen LogP contribution in [0.1, 0.15) is 39.5 Å². The van der Waals surface area contributed by atoms with Crippen molar-refractivity contribution in [1.29, 1.82) is 0 Å². The summed E-state index contributed by atoms with van der Waals surface area (Å²) < 4.78 is 10.8. The predicted octanol–water partition coefficient (Wildman–Crippen LogP) is 0.861. The summed E-state index contributed by atoms with van der Waals surface area (Å²) >= 11 is 0. The average molecular weight is 292 g/mol. The third-order valence-electron chi connectivity index (χ3n) is 3.96. The minimum atomic E-state index is -0.245. The summed E-state index contributed by atoms with van der Waals surface area (Å²) in [5.74, 6) is 0.736. The van der Waals surface area contributed by atoms with Gasteiger partial charge in [-0.1, -0.05) is 0 Å². The van der Waals surface area contributed by atoms with Crippen LogP contribution in [0.15, 0.2) is 10.5 Å². The van der Waals surface area contributed by atoms with Crippen molar-refractivity contribution in [2.75, 3.05) is 39.4 Å². The van der Waals surface area contributed by atoms with Crippen LogP contribution in [-0.4, -0.2) is 56.0 Å². The number of carbonyl (C=O) groups excluding carboxylic acids is 2. The van der Waals surface area contributed by atoms with Crippen molar-refractivity contribution in [1.82, 2.24) is 10.2 Å². The zero-order valence-corrected chi connectivity index (χ0v) is 12.0. The maximum Gasteiger partial charge on any atom is 0.287 e. The molecule has 0 atom stereocenters. The van der Waals surface area contributed by atoms with Crippen LogP contribution >= 0.6 is 0 Å². The number of amides is 1. The van der Waals surface area contributed by atoms with E-state index in [-0.39, 0.29) is 17.5 Å². The Morgan fingerprint density at radius 3 is 2.86 bits per heavy atom. The lowest BCUT2D eigenvalue weighted by Crippen LogP contribution is -2.41. The molecule has 1 N–H and O–H groups in total. The molecule has 1 aliphatic heterocycles. The molecule has 21 heavy (non-hydrogen) atoms. The molecule has 1 aliphatic carbocycles. The van der Waals surface area contributed by atoms with Gasteiger partial charge in [-0.05, 0) is 6.42 Å². The first-order valence-electron chi connectivity index (χ1n) is 7.48. The molecule has 2 aliphatic rings. The molecule has 3 rings (SSSR count). The molecular weight excluding hydrogens is 272 g/mol. The smallest absolute Gasteiger partial charge is 0.287 e. The molecule has 1 saturated heterocycles. The van der Waals surface area contributed by atoms with Crippen LogP contribution in [0.2, 0.25) is 0 Å². The van der Waals surface area contributed by atoms with E-state index in [4.69, 9.17) is 9.15 Å². The first kappa shape index (κ1) is 14.3. The second-order valence-electron chi connectivity index (χ2n) is 5.43. The van der Waals surface area contributed by atoms with E-state index in [0.717, 1.165) is 45.7 Å². The fourth-order valence-electron chi connectivity index (χ4n) is 2.75. The fourth-order valence-corrected chi connectivity index (χ4v) is 2.75. The number of hydrogen-bond acceptors (Lipinski definition) is 5. The number of hydrogen-bond donors (Lipinski definition) is 1. The van der Waals surface area contributed by atoms with Gasteiger partial charge in [-0.15, -0.1) is 0 Å². The molecule has 2 heterocycles. The number of morpholine rings is 1. The van der Waals surface area contributed by atoms with E-state index in [2.05, 4.69) is 10.2 Å². The zero-order chi connectivity index (χ0) is 14.7. The highest BCUT2D eigenvalue weighted by Gasteiger charge is 2.24. The summed E-state index contributed by atoms with van der Waals surface area (Å²) in [5.41, 5.74) is 0.583. The predicted molar refractivity (Wildman–Crippen MR) is 75.6 cm³/mol. The maximum atomic E-state index is 12.1. The van der Waals surface area contributed by atoms with Gasteiger partial charge in [0.15, 0.2) is 11.5 Å². The van der Waals surface area contributed by atoms with Crippen molar-refractivity contribution < 1.29 is 18.7 Å². The molecule has 0 radical (unpaired) electrons. The Bertz CT molecular complexity index is 532. The van der Waals surface area contributed by atoms with Crippen LogP contribution in [0.3, 0.4) is 0 Å². The second kappa shape index (κ2) is 6.41. The number of furan rings is 1. The van der Waals surface area contributed by atoms with Crippen molar-refractivity contribution >= 4 is 11.7 Å². The van der Waals surface area contributed by atoms with Crippen molar-refractivity contribution in [2.24, 2.45) is 0 Å². The van der Waals surface area contributed by atoms with Gasteiger partial charge in [-0.3, -0.25) is 14.5 Å². The van der Waals surface area contributed by atoms with Gasteiger partial charge in [-0.25, -0.2) is 0 Å². The Hall–Kier alpha value is -1.66. The van der Waals surface area contributed by atoms with E-state index in [1.807, 2.05) is 0 Å². The highest BCUT2D eigenvalue weighted by atomic mass is 16.5. The summed E-state index contributed by atoms with van der Waals surface area (Å²) in [7, 11) is 0. The van der Waals surface area contributed by atoms with Crippen LogP contribution in [0, 0.1) is 0 Å². The molecule has 0 saturated carbocycles. The third-order valence-corrected chi connectivity index (χ3v) is 3.96. The lowest BCUT2D eigenvalue weighted by atomic mass is 9.97. The molecule has 0 spiro atoms. The van der Waals surface area contributed by atoms with Crippen LogP contribution in [-0.2, 0) is 11.2 Å². The van der Waals surface area contributed by atoms with E-state index < -0.39 is 0 Å². The first-order chi connectivity index (χ1) is 10.2. The Labute approximate surface area is 123 Å². The van der Waals surface area contributed by atoms with Crippen molar-refractivity contribution in [2.45, 2.75) is 19.3 Å². The summed E-state index contributed by atoms with van der Waals surface area (Å²) in [6.07, 6.45) is 2.09. The summed E-state index contributed by atoms with van der Waals surface area (Å²) in [6, 6.07) is 1.58. The molecule has 0 unspecified atom stereocenters. The van der Waals surface area contributed by atoms with E-state index >= 15 is 0 Å². The molecular formula is C15H20N2O4. The number of ketones is 1. The maximum absolute atomic E-state index is 12.1. The van der Waals surface area contributed by atoms with Gasteiger partial charge in [-0.2, -0.15) is 0 Å². The molecule has 114 valence electrons. The quantitative estimate of drug-likeness (QED) is 0.891. The standard InChI is InChI=1S/C15H20N2O4/c18-12-2-1-3-13-11(12)10-14(21-13)15(19)16-4-5-17-6-8-20-9-7-17/h10H,1-9H2,(H,16,19). The molecule has 0 aromatic carbocycles. The van der Waals surface area contributed by atoms with Gasteiger partial charge in [0.2, 0.25) is 0 Å². The fraction of sp³-hybridized carbons (Fsp3) is 0.600. The molecule has 1 amide bonds. The second-order valence-corrected chi connectivity index (χ2v) is 5.43. The molecule has 0 bridgehead atoms. The number of Topliss-reactive ketones (excluding diaryl/α,β-unsaturated/α-hetero) is 1. The Kier molecular flexibility index (Phi) is 4.36. The van der Waals surface area contributed by atoms with Crippen molar-refractivity contribution in [3.63, 3.8) is 0 Å². The minimum absolute atomic E-state index is 0.0763. The van der Waals surface area contributed by atoms with Gasteiger partial charge in [0.1, 0.15) is 5.76 Å². The van der Waals surface area contributed by atoms with E-state index in [1.54, 1.807) is 6.07 Å². The summed E-state index contributed by atoms with van der Waals surface area (Å²) in [4.78, 5) is 26.0. The van der Waals surface area contributed by atoms with Gasteiger partial charge < -0.3 is 14.5 Å². The highest BCUT2D eigenvalue weighted by Crippen LogP contribution is 2.24. The lowest BCUT2D eigenvalue weighted by molar-refractivity contribution is 0.0382. The van der Waals surface area contributed by atoms with Crippen molar-refractivity contribution in [3.8, 4) is 0 Å². The third kappa shape index (κ3) is 3.33. The van der Waals surface area contributed by atoms with Crippen LogP contribution in [0.25, 0.3) is 0 Å². The number of carbonyl (C=O) groups is 2. The molecule has 1 fully saturated rings. The minimum Gasteiger partial charge on any atom is -0.455 e. The molecule has 1 aromatic rings. The topological polar surface area (TPSA) is 71.8 Å². The zero-order valence-electron chi connectivity index (χ0n) is 12.0. The van der Waals surface area contributed by atoms with Crippen LogP contribution in [0.5, 0.6) is 0 Å². The molecule has 6 nitrogen and oxygen atoms in total. The number of fused-ring (bicyclic) bond motifs is 1. The largest absolute Gasteiger partial charge is 0.455 e. The average Bonchev–Trinajstić information content (AvgIpc) is 2.94. The number of rotatable bonds is 4. The normalized spacial score (nSPS) is 19.3. The number of nitrogens with one attached hydrogen (secondary N) is 1. The molecule has 1 aromatic heterocycles. The highest BCUT2D eigenvalue weighted by molar-refractivity contribution is 6.01. The van der Waals surface area contributed by atoms with E-state index in [1.165, 1.54) is 0 Å². The number of nitrogens with zero attached hydrogens (tertiary/aromatic N) is 1. The van der Waals surface area contributed by atoms with Crippen LogP contribution in [0.4, 0.5) is 0 Å². The number of ether oxygens (including phenoxy) is 1. The van der Waals surface area contributed by atoms with Gasteiger partial charge >= 0.3 is 0 Å². The summed E-state index contributed by atoms with van der Waals surface area (Å²) in [5, 5.41) is 2.84. The lowest BCUT2D eigenvalue weighted by Gasteiger charge is -2.26. The van der Waals surface area contributed by atoms with E-state index in [0.29, 0.717) is 24.3 Å². The number of aryl methyl sites for hydroxylation is 1. The molecule has 6 heteroatoms. The van der Waals surface area contributed by atoms with Crippen molar-refractivity contribution in [3.05, 3.63) is 23.2 Å². The Morgan fingerprint density at radius 2 is 2.10 bits per heavy atom. The van der Waals surface area contributed by atoms with Crippen LogP contribution < -0.4 is 5.32 Å². The first-order valence-corrected chi connectivity index (χ1v) is 7.48. The van der Waals surface area contributed by atoms with Gasteiger partial charge in [0.25, 0.3) is 5.91 Å².